The second-order valence-corrected chi connectivity index (χ2v) is 8.72. The van der Waals surface area contributed by atoms with Crippen LogP contribution in [-0.4, -0.2) is 51.4 Å². The van der Waals surface area contributed by atoms with Gasteiger partial charge in [0, 0.05) is 6.07 Å². The third-order valence-corrected chi connectivity index (χ3v) is 5.63. The smallest absolute Gasteiger partial charge is 0.420 e. The highest BCUT2D eigenvalue weighted by atomic mass is 19.4. The Balaban J connectivity index is 1.19. The summed E-state index contributed by atoms with van der Waals surface area (Å²) >= 11 is 0. The van der Waals surface area contributed by atoms with Crippen molar-refractivity contribution in [3.63, 3.8) is 0 Å². The molecule has 0 bridgehead atoms. The van der Waals surface area contributed by atoms with E-state index >= 15 is 0 Å². The third-order valence-electron chi connectivity index (χ3n) is 5.63. The molecule has 212 valence electrons. The number of hydrogen-bond acceptors (Lipinski definition) is 8. The fourth-order valence-corrected chi connectivity index (χ4v) is 3.37. The quantitative estimate of drug-likeness (QED) is 0.0973. The molecule has 2 aliphatic heterocycles. The van der Waals surface area contributed by atoms with Crippen LogP contribution in [0.5, 0.6) is 28.7 Å². The van der Waals surface area contributed by atoms with Gasteiger partial charge in [-0.05, 0) is 48.5 Å². The summed E-state index contributed by atoms with van der Waals surface area (Å²) in [5.41, 5.74) is -1.49. The molecule has 2 atom stereocenters. The van der Waals surface area contributed by atoms with Crippen molar-refractivity contribution in [1.29, 1.82) is 0 Å². The maximum Gasteiger partial charge on any atom is 0.420 e. The summed E-state index contributed by atoms with van der Waals surface area (Å²) in [5.74, 6) is -3.86. The Hall–Kier alpha value is -4.10. The highest BCUT2D eigenvalue weighted by molar-refractivity contribution is 5.91. The Labute approximate surface area is 224 Å². The molecule has 0 aromatic heterocycles. The second-order valence-electron chi connectivity index (χ2n) is 8.72. The summed E-state index contributed by atoms with van der Waals surface area (Å²) in [6.07, 6.45) is -5.05. The molecule has 3 aromatic carbocycles. The van der Waals surface area contributed by atoms with Crippen LogP contribution in [0.15, 0.2) is 54.6 Å². The van der Waals surface area contributed by atoms with Crippen molar-refractivity contribution >= 4 is 5.97 Å². The van der Waals surface area contributed by atoms with E-state index < -0.39 is 47.6 Å². The Morgan fingerprint density at radius 3 is 1.90 bits per heavy atom. The van der Waals surface area contributed by atoms with Crippen LogP contribution < -0.4 is 23.7 Å². The van der Waals surface area contributed by atoms with Gasteiger partial charge in [0.2, 0.25) is 6.79 Å². The standard InChI is InChI=1S/C27H21F5O8/c28-21-7-15(1-4-24(21)36-12-18-10-34-18)26(33)40-17-3-5-23(20(8-17)27(30,31)32)39-14-38-16-2-6-25(22(29)9-16)37-13-19-11-35-19/h1-9,18-19H,10-14H2. The van der Waals surface area contributed by atoms with Crippen molar-refractivity contribution in [1.82, 2.24) is 0 Å². The molecule has 0 radical (unpaired) electrons. The first kappa shape index (κ1) is 27.5. The lowest BCUT2D eigenvalue weighted by molar-refractivity contribution is -0.139. The van der Waals surface area contributed by atoms with E-state index in [4.69, 9.17) is 33.2 Å². The summed E-state index contributed by atoms with van der Waals surface area (Å²) in [6.45, 7) is 0.724. The lowest BCUT2D eigenvalue weighted by Crippen LogP contribution is -2.14. The average molecular weight is 568 g/mol. The summed E-state index contributed by atoms with van der Waals surface area (Å²) in [6, 6.07) is 9.53. The minimum Gasteiger partial charge on any atom is -0.488 e. The van der Waals surface area contributed by atoms with E-state index in [2.05, 4.69) is 0 Å². The number of rotatable bonds is 12. The van der Waals surface area contributed by atoms with E-state index in [1.54, 1.807) is 0 Å². The monoisotopic (exact) mass is 568 g/mol. The first-order valence-corrected chi connectivity index (χ1v) is 11.9. The molecule has 40 heavy (non-hydrogen) atoms. The normalized spacial score (nSPS) is 17.6. The zero-order chi connectivity index (χ0) is 28.3. The van der Waals surface area contributed by atoms with Crippen molar-refractivity contribution in [3.05, 3.63) is 77.4 Å². The summed E-state index contributed by atoms with van der Waals surface area (Å²) in [5, 5.41) is 0. The molecule has 3 aromatic rings. The highest BCUT2D eigenvalue weighted by Gasteiger charge is 2.35. The first-order chi connectivity index (χ1) is 19.2. The molecule has 0 amide bonds. The van der Waals surface area contributed by atoms with Crippen molar-refractivity contribution in [2.45, 2.75) is 18.4 Å². The van der Waals surface area contributed by atoms with Crippen LogP contribution in [0.2, 0.25) is 0 Å². The van der Waals surface area contributed by atoms with E-state index in [1.165, 1.54) is 24.3 Å². The van der Waals surface area contributed by atoms with Gasteiger partial charge in [-0.2, -0.15) is 13.2 Å². The van der Waals surface area contributed by atoms with E-state index in [0.717, 1.165) is 24.3 Å². The van der Waals surface area contributed by atoms with Gasteiger partial charge in [0.1, 0.15) is 48.2 Å². The summed E-state index contributed by atoms with van der Waals surface area (Å²) in [7, 11) is 0. The van der Waals surface area contributed by atoms with Gasteiger partial charge in [-0.15, -0.1) is 0 Å². The van der Waals surface area contributed by atoms with Crippen LogP contribution in [0.1, 0.15) is 15.9 Å². The Bertz CT molecular complexity index is 1370. The Kier molecular flexibility index (Phi) is 7.94. The molecule has 5 rings (SSSR count). The van der Waals surface area contributed by atoms with Gasteiger partial charge in [0.25, 0.3) is 0 Å². The van der Waals surface area contributed by atoms with Gasteiger partial charge < -0.3 is 33.2 Å². The minimum absolute atomic E-state index is 0.00356. The van der Waals surface area contributed by atoms with E-state index in [0.29, 0.717) is 19.3 Å². The number of esters is 1. The van der Waals surface area contributed by atoms with Crippen LogP contribution in [0.3, 0.4) is 0 Å². The third kappa shape index (κ3) is 7.30. The van der Waals surface area contributed by atoms with E-state index in [1.807, 2.05) is 0 Å². The maximum atomic E-state index is 14.3. The molecular weight excluding hydrogens is 547 g/mol. The van der Waals surface area contributed by atoms with Crippen molar-refractivity contribution in [2.24, 2.45) is 0 Å². The molecule has 13 heteroatoms. The molecule has 2 fully saturated rings. The lowest BCUT2D eigenvalue weighted by Gasteiger charge is -2.16. The SMILES string of the molecule is O=C(Oc1ccc(OCOc2ccc(OCC3CO3)c(F)c2)c(C(F)(F)F)c1)c1ccc(OCC2CO2)c(F)c1. The van der Waals surface area contributed by atoms with E-state index in [9.17, 15) is 26.7 Å². The number of epoxide rings is 2. The molecule has 0 N–H and O–H groups in total. The lowest BCUT2D eigenvalue weighted by atomic mass is 10.1. The second kappa shape index (κ2) is 11.6. The highest BCUT2D eigenvalue weighted by Crippen LogP contribution is 2.39. The van der Waals surface area contributed by atoms with Gasteiger partial charge in [-0.25, -0.2) is 13.6 Å². The van der Waals surface area contributed by atoms with Gasteiger partial charge in [0.05, 0.1) is 18.8 Å². The van der Waals surface area contributed by atoms with Crippen LogP contribution in [0.25, 0.3) is 0 Å². The molecule has 2 saturated heterocycles. The summed E-state index contributed by atoms with van der Waals surface area (Å²) < 4.78 is 105. The van der Waals surface area contributed by atoms with Gasteiger partial charge >= 0.3 is 12.1 Å². The predicted molar refractivity (Wildman–Crippen MR) is 126 cm³/mol. The maximum absolute atomic E-state index is 14.3. The fraction of sp³-hybridized carbons (Fsp3) is 0.296. The number of alkyl halides is 3. The number of ether oxygens (including phenoxy) is 7. The van der Waals surface area contributed by atoms with Crippen LogP contribution >= 0.6 is 0 Å². The topological polar surface area (TPSA) is 88.3 Å². The number of benzene rings is 3. The fourth-order valence-electron chi connectivity index (χ4n) is 3.37. The predicted octanol–water partition coefficient (Wildman–Crippen LogP) is 5.17. The van der Waals surface area contributed by atoms with Crippen molar-refractivity contribution in [2.75, 3.05) is 33.2 Å². The number of hydrogen-bond donors (Lipinski definition) is 0. The van der Waals surface area contributed by atoms with E-state index in [-0.39, 0.29) is 48.2 Å². The molecule has 2 unspecified atom stereocenters. The molecule has 0 aliphatic carbocycles. The number of halogens is 5. The summed E-state index contributed by atoms with van der Waals surface area (Å²) in [4.78, 5) is 12.4. The number of carbonyl (C=O) groups is 1. The molecule has 0 spiro atoms. The minimum atomic E-state index is -4.88. The Morgan fingerprint density at radius 2 is 1.32 bits per heavy atom. The number of carbonyl (C=O) groups excluding carboxylic acids is 1. The van der Waals surface area contributed by atoms with Crippen LogP contribution in [0, 0.1) is 11.6 Å². The van der Waals surface area contributed by atoms with Gasteiger partial charge in [0.15, 0.2) is 23.1 Å². The molecule has 8 nitrogen and oxygen atoms in total. The molecule has 0 saturated carbocycles. The largest absolute Gasteiger partial charge is 0.488 e. The molecule has 2 aliphatic rings. The van der Waals surface area contributed by atoms with Gasteiger partial charge in [-0.3, -0.25) is 0 Å². The van der Waals surface area contributed by atoms with Crippen molar-refractivity contribution in [3.8, 4) is 28.7 Å². The first-order valence-electron chi connectivity index (χ1n) is 11.9. The van der Waals surface area contributed by atoms with Crippen molar-refractivity contribution < 1.29 is 59.9 Å². The zero-order valence-electron chi connectivity index (χ0n) is 20.5. The Morgan fingerprint density at radius 1 is 0.750 bits per heavy atom. The van der Waals surface area contributed by atoms with Crippen LogP contribution in [0.4, 0.5) is 22.0 Å². The molecule has 2 heterocycles. The van der Waals surface area contributed by atoms with Crippen LogP contribution in [-0.2, 0) is 15.7 Å². The zero-order valence-corrected chi connectivity index (χ0v) is 20.5. The molecular formula is C27H21F5O8. The average Bonchev–Trinajstić information content (AvgIpc) is 3.83. The van der Waals surface area contributed by atoms with Gasteiger partial charge in [-0.1, -0.05) is 0 Å².